The van der Waals surface area contributed by atoms with Crippen molar-refractivity contribution in [3.63, 3.8) is 0 Å². The van der Waals surface area contributed by atoms with Crippen LogP contribution in [0.3, 0.4) is 0 Å². The SMILES string of the molecule is Cc1noc(C)c1CN1CCn2c(COc3ccccn3)nnc2C1. The quantitative estimate of drug-likeness (QED) is 0.701. The fraction of sp³-hybridized carbons (Fsp3) is 0.412. The molecule has 0 N–H and O–H groups in total. The molecule has 0 bridgehead atoms. The van der Waals surface area contributed by atoms with Crippen LogP contribution in [0.25, 0.3) is 0 Å². The molecular weight excluding hydrogens is 320 g/mol. The van der Waals surface area contributed by atoms with Gasteiger partial charge in [-0.1, -0.05) is 11.2 Å². The van der Waals surface area contributed by atoms with Gasteiger partial charge in [-0.2, -0.15) is 0 Å². The number of ether oxygens (including phenoxy) is 1. The van der Waals surface area contributed by atoms with E-state index in [-0.39, 0.29) is 0 Å². The molecule has 25 heavy (non-hydrogen) atoms. The molecule has 0 unspecified atom stereocenters. The van der Waals surface area contributed by atoms with E-state index in [9.17, 15) is 0 Å². The van der Waals surface area contributed by atoms with Gasteiger partial charge in [0.05, 0.1) is 12.2 Å². The van der Waals surface area contributed by atoms with Gasteiger partial charge in [0, 0.05) is 37.5 Å². The molecule has 0 radical (unpaired) electrons. The first-order valence-corrected chi connectivity index (χ1v) is 8.29. The Labute approximate surface area is 145 Å². The van der Waals surface area contributed by atoms with E-state index in [0.29, 0.717) is 12.5 Å². The van der Waals surface area contributed by atoms with Gasteiger partial charge in [-0.3, -0.25) is 4.90 Å². The Morgan fingerprint density at radius 1 is 1.20 bits per heavy atom. The molecular formula is C17H20N6O2. The fourth-order valence-electron chi connectivity index (χ4n) is 3.03. The van der Waals surface area contributed by atoms with Crippen molar-refractivity contribution >= 4 is 0 Å². The first-order valence-electron chi connectivity index (χ1n) is 8.29. The molecule has 4 rings (SSSR count). The summed E-state index contributed by atoms with van der Waals surface area (Å²) in [5.74, 6) is 3.26. The molecule has 0 aliphatic carbocycles. The highest BCUT2D eigenvalue weighted by molar-refractivity contribution is 5.20. The van der Waals surface area contributed by atoms with Crippen molar-refractivity contribution in [2.24, 2.45) is 0 Å². The van der Waals surface area contributed by atoms with Crippen LogP contribution in [-0.4, -0.2) is 36.3 Å². The Kier molecular flexibility index (Phi) is 4.19. The summed E-state index contributed by atoms with van der Waals surface area (Å²) < 4.78 is 13.1. The zero-order valence-electron chi connectivity index (χ0n) is 14.3. The van der Waals surface area contributed by atoms with Crippen LogP contribution in [0.15, 0.2) is 28.9 Å². The summed E-state index contributed by atoms with van der Waals surface area (Å²) in [6, 6.07) is 5.59. The summed E-state index contributed by atoms with van der Waals surface area (Å²) in [5, 5.41) is 12.6. The molecule has 0 fully saturated rings. The van der Waals surface area contributed by atoms with Gasteiger partial charge in [-0.25, -0.2) is 4.98 Å². The van der Waals surface area contributed by atoms with Gasteiger partial charge in [0.15, 0.2) is 5.82 Å². The number of nitrogens with zero attached hydrogens (tertiary/aromatic N) is 6. The van der Waals surface area contributed by atoms with Gasteiger partial charge in [0.1, 0.15) is 18.2 Å². The molecule has 0 atom stereocenters. The molecule has 4 heterocycles. The summed E-state index contributed by atoms with van der Waals surface area (Å²) in [4.78, 5) is 6.49. The lowest BCUT2D eigenvalue weighted by molar-refractivity contribution is 0.200. The summed E-state index contributed by atoms with van der Waals surface area (Å²) in [6.45, 7) is 7.63. The van der Waals surface area contributed by atoms with E-state index in [0.717, 1.165) is 54.8 Å². The van der Waals surface area contributed by atoms with Gasteiger partial charge < -0.3 is 13.8 Å². The first kappa shape index (κ1) is 15.8. The normalized spacial score (nSPS) is 14.5. The van der Waals surface area contributed by atoms with Crippen LogP contribution in [-0.2, 0) is 26.2 Å². The molecule has 3 aromatic rings. The van der Waals surface area contributed by atoms with Crippen LogP contribution in [0.2, 0.25) is 0 Å². The molecule has 8 nitrogen and oxygen atoms in total. The van der Waals surface area contributed by atoms with Crippen LogP contribution >= 0.6 is 0 Å². The molecule has 0 amide bonds. The van der Waals surface area contributed by atoms with Crippen molar-refractivity contribution in [3.05, 3.63) is 53.1 Å². The molecule has 130 valence electrons. The van der Waals surface area contributed by atoms with E-state index in [1.54, 1.807) is 6.20 Å². The number of hydrogen-bond donors (Lipinski definition) is 0. The van der Waals surface area contributed by atoms with Gasteiger partial charge in [0.2, 0.25) is 5.88 Å². The molecule has 0 spiro atoms. The van der Waals surface area contributed by atoms with Crippen LogP contribution in [0.1, 0.15) is 28.7 Å². The average molecular weight is 340 g/mol. The van der Waals surface area contributed by atoms with Crippen LogP contribution in [0.5, 0.6) is 5.88 Å². The zero-order valence-corrected chi connectivity index (χ0v) is 14.3. The second kappa shape index (κ2) is 6.64. The predicted octanol–water partition coefficient (Wildman–Crippen LogP) is 1.87. The lowest BCUT2D eigenvalue weighted by Crippen LogP contribution is -2.34. The predicted molar refractivity (Wildman–Crippen MR) is 88.7 cm³/mol. The van der Waals surface area contributed by atoms with Gasteiger partial charge in [-0.15, -0.1) is 10.2 Å². The number of aryl methyl sites for hydroxylation is 2. The van der Waals surface area contributed by atoms with E-state index in [1.165, 1.54) is 0 Å². The third-order valence-corrected chi connectivity index (χ3v) is 4.46. The maximum atomic E-state index is 5.69. The van der Waals surface area contributed by atoms with E-state index >= 15 is 0 Å². The highest BCUT2D eigenvalue weighted by Gasteiger charge is 2.23. The average Bonchev–Trinajstić information content (AvgIpc) is 3.18. The Morgan fingerprint density at radius 3 is 2.88 bits per heavy atom. The Bertz CT molecular complexity index is 838. The fourth-order valence-corrected chi connectivity index (χ4v) is 3.03. The topological polar surface area (TPSA) is 82.1 Å². The third-order valence-electron chi connectivity index (χ3n) is 4.46. The highest BCUT2D eigenvalue weighted by atomic mass is 16.5. The van der Waals surface area contributed by atoms with Gasteiger partial charge in [-0.05, 0) is 19.9 Å². The maximum Gasteiger partial charge on any atom is 0.213 e. The monoisotopic (exact) mass is 340 g/mol. The minimum absolute atomic E-state index is 0.369. The van der Waals surface area contributed by atoms with Crippen molar-refractivity contribution in [1.82, 2.24) is 29.8 Å². The molecule has 0 saturated carbocycles. The summed E-state index contributed by atoms with van der Waals surface area (Å²) in [6.07, 6.45) is 1.71. The van der Waals surface area contributed by atoms with Crippen molar-refractivity contribution in [1.29, 1.82) is 0 Å². The van der Waals surface area contributed by atoms with Crippen molar-refractivity contribution in [3.8, 4) is 5.88 Å². The van der Waals surface area contributed by atoms with Crippen molar-refractivity contribution in [2.45, 2.75) is 40.1 Å². The van der Waals surface area contributed by atoms with E-state index in [1.807, 2.05) is 32.0 Å². The number of hydrogen-bond acceptors (Lipinski definition) is 7. The Hall–Kier alpha value is -2.74. The van der Waals surface area contributed by atoms with Crippen LogP contribution in [0.4, 0.5) is 0 Å². The number of aromatic nitrogens is 5. The van der Waals surface area contributed by atoms with E-state index in [4.69, 9.17) is 9.26 Å². The Balaban J connectivity index is 1.42. The summed E-state index contributed by atoms with van der Waals surface area (Å²) in [7, 11) is 0. The smallest absolute Gasteiger partial charge is 0.213 e. The maximum absolute atomic E-state index is 5.69. The molecule has 1 aliphatic heterocycles. The molecule has 1 aliphatic rings. The summed E-state index contributed by atoms with van der Waals surface area (Å²) in [5.41, 5.74) is 2.11. The molecule has 0 saturated heterocycles. The number of pyridine rings is 1. The zero-order chi connectivity index (χ0) is 17.2. The van der Waals surface area contributed by atoms with Gasteiger partial charge >= 0.3 is 0 Å². The number of rotatable bonds is 5. The van der Waals surface area contributed by atoms with Crippen LogP contribution in [0, 0.1) is 13.8 Å². The lowest BCUT2D eigenvalue weighted by Gasteiger charge is -2.27. The number of fused-ring (bicyclic) bond motifs is 1. The second-order valence-electron chi connectivity index (χ2n) is 6.15. The molecule has 8 heteroatoms. The van der Waals surface area contributed by atoms with E-state index < -0.39 is 0 Å². The van der Waals surface area contributed by atoms with Gasteiger partial charge in [0.25, 0.3) is 0 Å². The lowest BCUT2D eigenvalue weighted by atomic mass is 10.2. The van der Waals surface area contributed by atoms with E-state index in [2.05, 4.69) is 29.8 Å². The minimum atomic E-state index is 0.369. The minimum Gasteiger partial charge on any atom is -0.469 e. The molecule has 3 aromatic heterocycles. The summed E-state index contributed by atoms with van der Waals surface area (Å²) >= 11 is 0. The highest BCUT2D eigenvalue weighted by Crippen LogP contribution is 2.19. The third kappa shape index (κ3) is 3.25. The molecule has 0 aromatic carbocycles. The van der Waals surface area contributed by atoms with Crippen molar-refractivity contribution < 1.29 is 9.26 Å². The standard InChI is InChI=1S/C17H20N6O2/c1-12-14(13(2)25-21-12)9-22-7-8-23-15(10-22)19-20-16(23)11-24-17-5-3-4-6-18-17/h3-6H,7-11H2,1-2H3. The second-order valence-corrected chi connectivity index (χ2v) is 6.15. The first-order chi connectivity index (χ1) is 12.2. The van der Waals surface area contributed by atoms with Crippen LogP contribution < -0.4 is 4.74 Å². The Morgan fingerprint density at radius 2 is 2.12 bits per heavy atom. The van der Waals surface area contributed by atoms with Crippen molar-refractivity contribution in [2.75, 3.05) is 6.54 Å². The largest absolute Gasteiger partial charge is 0.469 e.